The molecule has 0 aromatic rings. The largest absolute Gasteiger partial charge is 0.350 e. The first-order valence-electron chi connectivity index (χ1n) is 13.8. The molecule has 5 atom stereocenters. The van der Waals surface area contributed by atoms with Gasteiger partial charge in [-0.2, -0.15) is 4.31 Å². The zero-order chi connectivity index (χ0) is 26.8. The van der Waals surface area contributed by atoms with Crippen molar-refractivity contribution in [2.45, 2.75) is 88.3 Å². The Kier molecular flexibility index (Phi) is 9.10. The van der Waals surface area contributed by atoms with E-state index >= 15 is 0 Å². The Labute approximate surface area is 220 Å². The predicted octanol–water partition coefficient (Wildman–Crippen LogP) is 0.295. The number of allylic oxidation sites excluding steroid dienone is 1. The highest BCUT2D eigenvalue weighted by Crippen LogP contribution is 2.38. The summed E-state index contributed by atoms with van der Waals surface area (Å²) >= 11 is 0. The molecule has 0 radical (unpaired) electrons. The van der Waals surface area contributed by atoms with Crippen LogP contribution in [0.4, 0.5) is 4.39 Å². The molecule has 1 saturated carbocycles. The number of carbonyl (C=O) groups is 1. The zero-order valence-electron chi connectivity index (χ0n) is 22.2. The van der Waals surface area contributed by atoms with Gasteiger partial charge in [-0.05, 0) is 44.1 Å². The van der Waals surface area contributed by atoms with Crippen molar-refractivity contribution in [1.29, 1.82) is 0 Å². The van der Waals surface area contributed by atoms with Gasteiger partial charge in [0.05, 0.1) is 29.4 Å². The van der Waals surface area contributed by atoms with Crippen molar-refractivity contribution in [1.82, 2.24) is 19.8 Å². The van der Waals surface area contributed by atoms with Crippen molar-refractivity contribution in [2.75, 3.05) is 39.3 Å². The van der Waals surface area contributed by atoms with E-state index < -0.39 is 34.0 Å². The fourth-order valence-corrected chi connectivity index (χ4v) is 7.81. The zero-order valence-corrected chi connectivity index (χ0v) is 23.0. The smallest absolute Gasteiger partial charge is 0.228 e. The average molecular weight is 542 g/mol. The predicted molar refractivity (Wildman–Crippen MR) is 142 cm³/mol. The minimum Gasteiger partial charge on any atom is -0.350 e. The molecular weight excluding hydrogens is 497 g/mol. The highest BCUT2D eigenvalue weighted by atomic mass is 32.2. The fraction of sp³-hybridized carbons (Fsp3) is 0.880. The number of carbonyl (C=O) groups excluding carboxylic acids is 1. The van der Waals surface area contributed by atoms with Crippen LogP contribution < -0.4 is 22.1 Å². The van der Waals surface area contributed by atoms with E-state index in [9.17, 15) is 17.6 Å². The molecule has 0 spiro atoms. The summed E-state index contributed by atoms with van der Waals surface area (Å²) in [7, 11) is -3.18. The fourth-order valence-electron chi connectivity index (χ4n) is 5.98. The van der Waals surface area contributed by atoms with Gasteiger partial charge in [-0.15, -0.1) is 0 Å². The van der Waals surface area contributed by atoms with E-state index in [1.165, 1.54) is 0 Å². The Hall–Kier alpha value is -1.40. The van der Waals surface area contributed by atoms with Crippen LogP contribution in [0, 0.1) is 11.3 Å². The first-order chi connectivity index (χ1) is 17.5. The van der Waals surface area contributed by atoms with E-state index in [2.05, 4.69) is 40.2 Å². The Morgan fingerprint density at radius 3 is 2.59 bits per heavy atom. The molecular formula is C25H44FN7O3S. The SMILES string of the molecule is CC[C@]1(C)CCC(F)=C=NC(C(C(=O)NC2CNCCC2N2CCN(S(=O)(=O)C3CC3)CC2)C(N)N)C1. The van der Waals surface area contributed by atoms with E-state index in [-0.39, 0.29) is 35.1 Å². The summed E-state index contributed by atoms with van der Waals surface area (Å²) in [5.74, 6) is 0.988. The second-order valence-electron chi connectivity index (χ2n) is 11.5. The summed E-state index contributed by atoms with van der Waals surface area (Å²) < 4.78 is 41.1. The highest BCUT2D eigenvalue weighted by Gasteiger charge is 2.43. The van der Waals surface area contributed by atoms with Crippen molar-refractivity contribution in [3.63, 3.8) is 0 Å². The summed E-state index contributed by atoms with van der Waals surface area (Å²) in [5.41, 5.74) is 12.1. The number of halogens is 1. The molecule has 6 N–H and O–H groups in total. The first kappa shape index (κ1) is 28.6. The van der Waals surface area contributed by atoms with Crippen molar-refractivity contribution in [3.05, 3.63) is 5.83 Å². The van der Waals surface area contributed by atoms with Crippen molar-refractivity contribution < 1.29 is 17.6 Å². The molecule has 0 aromatic heterocycles. The molecule has 12 heteroatoms. The third kappa shape index (κ3) is 6.79. The van der Waals surface area contributed by atoms with Gasteiger partial charge in [0, 0.05) is 51.1 Å². The minimum atomic E-state index is -3.18. The Bertz CT molecular complexity index is 990. The summed E-state index contributed by atoms with van der Waals surface area (Å²) in [4.78, 5) is 20.3. The normalized spacial score (nSPS) is 33.5. The summed E-state index contributed by atoms with van der Waals surface area (Å²) in [6.45, 7) is 7.80. The second-order valence-corrected chi connectivity index (χ2v) is 13.8. The van der Waals surface area contributed by atoms with E-state index in [4.69, 9.17) is 11.5 Å². The molecule has 0 aromatic carbocycles. The standard InChI is InChI=1S/C25H44FN7O3S/c1-3-25(2)8-6-17(26)15-30-19(14-25)22(23(27)28)24(34)31-20-16-29-9-7-21(20)32-10-12-33(13-11-32)37(35,36)18-4-5-18/h18-23,29H,3-14,16,27-28H2,1-2H3,(H,31,34)/t19?,20?,21?,22?,25-/m1/s1. The van der Waals surface area contributed by atoms with E-state index in [1.807, 2.05) is 0 Å². The van der Waals surface area contributed by atoms with Crippen LogP contribution in [0.3, 0.4) is 0 Å². The van der Waals surface area contributed by atoms with Crippen LogP contribution >= 0.6 is 0 Å². The van der Waals surface area contributed by atoms with Gasteiger partial charge in [-0.25, -0.2) is 17.8 Å². The van der Waals surface area contributed by atoms with Gasteiger partial charge < -0.3 is 22.1 Å². The number of piperazine rings is 1. The van der Waals surface area contributed by atoms with Crippen molar-refractivity contribution >= 4 is 21.8 Å². The van der Waals surface area contributed by atoms with Crippen LogP contribution in [-0.2, 0) is 14.8 Å². The lowest BCUT2D eigenvalue weighted by molar-refractivity contribution is -0.128. The second kappa shape index (κ2) is 11.8. The third-order valence-corrected chi connectivity index (χ3v) is 11.2. The van der Waals surface area contributed by atoms with Crippen LogP contribution in [0.25, 0.3) is 0 Å². The summed E-state index contributed by atoms with van der Waals surface area (Å²) in [6, 6.07) is -0.677. The summed E-state index contributed by atoms with van der Waals surface area (Å²) in [6.07, 6.45) is 3.76. The van der Waals surface area contributed by atoms with Gasteiger partial charge in [-0.3, -0.25) is 9.69 Å². The number of nitrogens with two attached hydrogens (primary N) is 2. The van der Waals surface area contributed by atoms with Gasteiger partial charge in [0.15, 0.2) is 5.83 Å². The number of sulfonamides is 1. The molecule has 1 aliphatic carbocycles. The number of piperidine rings is 1. The van der Waals surface area contributed by atoms with Gasteiger partial charge in [0.2, 0.25) is 15.9 Å². The van der Waals surface area contributed by atoms with Crippen molar-refractivity contribution in [2.24, 2.45) is 27.8 Å². The van der Waals surface area contributed by atoms with Crippen LogP contribution in [0.5, 0.6) is 0 Å². The lowest BCUT2D eigenvalue weighted by Crippen LogP contribution is -2.65. The molecule has 2 saturated heterocycles. The molecule has 4 aliphatic rings. The number of rotatable bonds is 8. The Morgan fingerprint density at radius 1 is 1.27 bits per heavy atom. The maximum absolute atomic E-state index is 14.2. The molecule has 0 bridgehead atoms. The number of hydrogen-bond donors (Lipinski definition) is 4. The highest BCUT2D eigenvalue weighted by molar-refractivity contribution is 7.90. The number of aliphatic imine (C=N–C) groups is 1. The van der Waals surface area contributed by atoms with Crippen LogP contribution in [0.15, 0.2) is 10.8 Å². The van der Waals surface area contributed by atoms with Gasteiger partial charge in [-0.1, -0.05) is 20.3 Å². The molecule has 3 heterocycles. The van der Waals surface area contributed by atoms with E-state index in [0.29, 0.717) is 45.6 Å². The van der Waals surface area contributed by atoms with Crippen LogP contribution in [0.2, 0.25) is 0 Å². The van der Waals surface area contributed by atoms with Gasteiger partial charge in [0.25, 0.3) is 0 Å². The van der Waals surface area contributed by atoms with Crippen LogP contribution in [-0.4, -0.2) is 98.2 Å². The molecule has 210 valence electrons. The topological polar surface area (TPSA) is 146 Å². The third-order valence-electron chi connectivity index (χ3n) is 8.81. The average Bonchev–Trinajstić information content (AvgIpc) is 3.72. The number of amides is 1. The number of nitrogens with one attached hydrogen (secondary N) is 2. The molecule has 37 heavy (non-hydrogen) atoms. The first-order valence-corrected chi connectivity index (χ1v) is 15.3. The van der Waals surface area contributed by atoms with Crippen LogP contribution in [0.1, 0.15) is 58.8 Å². The van der Waals surface area contributed by atoms with E-state index in [1.54, 1.807) is 4.31 Å². The number of hydrogen-bond acceptors (Lipinski definition) is 8. The van der Waals surface area contributed by atoms with Gasteiger partial charge in [0.1, 0.15) is 0 Å². The molecule has 3 aliphatic heterocycles. The molecule has 4 unspecified atom stereocenters. The van der Waals surface area contributed by atoms with E-state index in [0.717, 1.165) is 32.2 Å². The van der Waals surface area contributed by atoms with Crippen molar-refractivity contribution in [3.8, 4) is 0 Å². The molecule has 1 amide bonds. The monoisotopic (exact) mass is 541 g/mol. The maximum Gasteiger partial charge on any atom is 0.228 e. The Balaban J connectivity index is 1.45. The van der Waals surface area contributed by atoms with Gasteiger partial charge >= 0.3 is 0 Å². The molecule has 4 rings (SSSR count). The Morgan fingerprint density at radius 2 is 1.97 bits per heavy atom. The lowest BCUT2D eigenvalue weighted by atomic mass is 9.74. The quantitative estimate of drug-likeness (QED) is 0.323. The summed E-state index contributed by atoms with van der Waals surface area (Å²) in [5, 5.41) is 6.35. The maximum atomic E-state index is 14.2. The number of nitrogens with zero attached hydrogens (tertiary/aromatic N) is 3. The lowest BCUT2D eigenvalue weighted by Gasteiger charge is -2.44. The molecule has 10 nitrogen and oxygen atoms in total. The molecule has 3 fully saturated rings. The minimum absolute atomic E-state index is 0.0738.